The number of esters is 4. The number of ether oxygens (including phenoxy) is 8. The number of alkyl halides is 2. The van der Waals surface area contributed by atoms with Crippen LogP contribution in [-0.4, -0.2) is 110 Å². The number of non-ortho nitro benzene ring substituents is 2. The van der Waals surface area contributed by atoms with Crippen LogP contribution in [0.4, 0.5) is 11.4 Å². The predicted octanol–water partition coefficient (Wildman–Crippen LogP) is 9.18. The van der Waals surface area contributed by atoms with Crippen LogP contribution < -0.4 is 9.47 Å². The molecule has 0 radical (unpaired) electrons. The molecule has 0 bridgehead atoms. The Kier molecular flexibility index (Phi) is 36.1. The van der Waals surface area contributed by atoms with Gasteiger partial charge in [-0.2, -0.15) is 0 Å². The molecule has 2 rings (SSSR count). The summed E-state index contributed by atoms with van der Waals surface area (Å²) in [6.07, 6.45) is 11.8. The fraction of sp³-hybridized carbons (Fsp3) is 0.636. The van der Waals surface area contributed by atoms with Gasteiger partial charge in [0.1, 0.15) is 37.9 Å². The van der Waals surface area contributed by atoms with Crippen molar-refractivity contribution in [1.29, 1.82) is 0 Å². The van der Waals surface area contributed by atoms with Crippen molar-refractivity contribution in [3.8, 4) is 11.5 Å². The lowest BCUT2D eigenvalue weighted by Crippen LogP contribution is -2.14. The Labute approximate surface area is 392 Å². The van der Waals surface area contributed by atoms with E-state index in [1.807, 2.05) is 0 Å². The highest BCUT2D eigenvalue weighted by Gasteiger charge is 2.08. The third-order valence-electron chi connectivity index (χ3n) is 8.67. The Morgan fingerprint density at radius 3 is 0.938 bits per heavy atom. The van der Waals surface area contributed by atoms with Crippen LogP contribution in [0.15, 0.2) is 48.5 Å². The monoisotopic (exact) mass is 1030 g/mol. The van der Waals surface area contributed by atoms with Gasteiger partial charge in [0.05, 0.1) is 49.5 Å². The summed E-state index contributed by atoms with van der Waals surface area (Å²) in [7, 11) is 0. The molecule has 0 aliphatic rings. The molecule has 18 nitrogen and oxygen atoms in total. The zero-order valence-corrected chi connectivity index (χ0v) is 39.8. The molecule has 0 unspecified atom stereocenters. The topological polar surface area (TPSA) is 228 Å². The van der Waals surface area contributed by atoms with Gasteiger partial charge in [0.15, 0.2) is 0 Å². The molecule has 0 aliphatic heterocycles. The summed E-state index contributed by atoms with van der Waals surface area (Å²) in [5.41, 5.74) is 0.0203. The Bertz CT molecular complexity index is 1450. The molecule has 0 saturated carbocycles. The third kappa shape index (κ3) is 34.1. The highest BCUT2D eigenvalue weighted by molar-refractivity contribution is 9.09. The summed E-state index contributed by atoms with van der Waals surface area (Å²) < 4.78 is 41.9. The van der Waals surface area contributed by atoms with E-state index >= 15 is 0 Å². The standard InChI is InChI=1S/C28H36N2O11.C16H28Br2O5/c31-27(7-3-1-5-17-38-25-13-9-23(10-14-25)29(33)34)40-21-19-37-20-22-41-28(32)8-4-2-6-18-39-26-15-11-24(12-16-26)30(35)36;17-9-5-1-3-7-15(19)22-13-11-21-12-14-23-16(20)8-4-2-6-10-18/h9-16H,1-8,17-22H2;1-14H2. The highest BCUT2D eigenvalue weighted by Crippen LogP contribution is 2.19. The Morgan fingerprint density at radius 1 is 0.391 bits per heavy atom. The largest absolute Gasteiger partial charge is 0.494 e. The van der Waals surface area contributed by atoms with Crippen LogP contribution in [0, 0.1) is 20.2 Å². The molecule has 0 aliphatic carbocycles. The van der Waals surface area contributed by atoms with Crippen LogP contribution in [0.5, 0.6) is 11.5 Å². The maximum atomic E-state index is 11.8. The first-order valence-electron chi connectivity index (χ1n) is 21.7. The number of nitrogens with zero attached hydrogens (tertiary/aromatic N) is 2. The number of halogens is 2. The molecule has 360 valence electrons. The molecule has 0 aromatic heterocycles. The second kappa shape index (κ2) is 40.1. The van der Waals surface area contributed by atoms with Gasteiger partial charge in [-0.3, -0.25) is 39.4 Å². The molecule has 0 amide bonds. The molecule has 0 spiro atoms. The Balaban J connectivity index is 0.000000756. The first-order chi connectivity index (χ1) is 31.0. The van der Waals surface area contributed by atoms with Crippen molar-refractivity contribution in [2.45, 2.75) is 103 Å². The number of hydrogen-bond acceptors (Lipinski definition) is 16. The van der Waals surface area contributed by atoms with Crippen molar-refractivity contribution in [3.63, 3.8) is 0 Å². The summed E-state index contributed by atoms with van der Waals surface area (Å²) in [6.45, 7) is 2.72. The molecule has 0 atom stereocenters. The molecular weight excluding hydrogens is 972 g/mol. The number of unbranched alkanes of at least 4 members (excludes halogenated alkanes) is 8. The van der Waals surface area contributed by atoms with Crippen LogP contribution in [-0.2, 0) is 47.6 Å². The summed E-state index contributed by atoms with van der Waals surface area (Å²) in [4.78, 5) is 66.6. The van der Waals surface area contributed by atoms with E-state index in [4.69, 9.17) is 37.9 Å². The van der Waals surface area contributed by atoms with E-state index in [9.17, 15) is 39.4 Å². The number of benzene rings is 2. The second-order valence-corrected chi connectivity index (χ2v) is 15.5. The minimum atomic E-state index is -0.467. The van der Waals surface area contributed by atoms with Gasteiger partial charge in [-0.05, 0) is 88.5 Å². The van der Waals surface area contributed by atoms with Crippen molar-refractivity contribution >= 4 is 67.1 Å². The number of nitro groups is 2. The van der Waals surface area contributed by atoms with Gasteiger partial charge >= 0.3 is 23.9 Å². The number of hydrogen-bond donors (Lipinski definition) is 0. The van der Waals surface area contributed by atoms with Gasteiger partial charge in [0.25, 0.3) is 11.4 Å². The normalized spacial score (nSPS) is 10.5. The first kappa shape index (κ1) is 57.6. The quantitative estimate of drug-likeness (QED) is 0.0152. The number of rotatable bonds is 38. The van der Waals surface area contributed by atoms with Gasteiger partial charge < -0.3 is 37.9 Å². The molecule has 0 N–H and O–H groups in total. The molecule has 0 fully saturated rings. The zero-order chi connectivity index (χ0) is 46.9. The van der Waals surface area contributed by atoms with E-state index in [2.05, 4.69) is 31.9 Å². The van der Waals surface area contributed by atoms with Crippen molar-refractivity contribution in [2.24, 2.45) is 0 Å². The Hall–Kier alpha value is -4.40. The molecule has 64 heavy (non-hydrogen) atoms. The minimum Gasteiger partial charge on any atom is -0.494 e. The van der Waals surface area contributed by atoms with Crippen LogP contribution >= 0.6 is 31.9 Å². The number of carbonyl (C=O) groups excluding carboxylic acids is 4. The lowest BCUT2D eigenvalue weighted by Gasteiger charge is -2.08. The van der Waals surface area contributed by atoms with Crippen molar-refractivity contribution in [2.75, 3.05) is 76.7 Å². The van der Waals surface area contributed by atoms with E-state index in [1.165, 1.54) is 24.3 Å². The van der Waals surface area contributed by atoms with Crippen molar-refractivity contribution < 1.29 is 66.9 Å². The molecule has 2 aromatic carbocycles. The summed E-state index contributed by atoms with van der Waals surface area (Å²) in [6, 6.07) is 11.8. The van der Waals surface area contributed by atoms with Crippen molar-refractivity contribution in [3.05, 3.63) is 68.8 Å². The van der Waals surface area contributed by atoms with E-state index < -0.39 is 9.85 Å². The third-order valence-corrected chi connectivity index (χ3v) is 9.80. The smallest absolute Gasteiger partial charge is 0.305 e. The molecule has 0 saturated heterocycles. The molecule has 0 heterocycles. The SMILES string of the molecule is O=C(CCCCCBr)OCCOCCOC(=O)CCCCCBr.O=C(CCCCCOc1ccc([N+](=O)[O-])cc1)OCCOCCOC(=O)CCCCCOc1ccc([N+](=O)[O-])cc1. The zero-order valence-electron chi connectivity index (χ0n) is 36.6. The van der Waals surface area contributed by atoms with E-state index in [0.29, 0.717) is 63.6 Å². The minimum absolute atomic E-state index is 0.0102. The maximum Gasteiger partial charge on any atom is 0.305 e. The molecule has 2 aromatic rings. The second-order valence-electron chi connectivity index (χ2n) is 13.9. The fourth-order valence-electron chi connectivity index (χ4n) is 5.24. The van der Waals surface area contributed by atoms with Gasteiger partial charge in [0, 0.05) is 60.6 Å². The fourth-order valence-corrected chi connectivity index (χ4v) is 6.03. The average molecular weight is 1040 g/mol. The van der Waals surface area contributed by atoms with Crippen LogP contribution in [0.3, 0.4) is 0 Å². The lowest BCUT2D eigenvalue weighted by atomic mass is 10.2. The van der Waals surface area contributed by atoms with Gasteiger partial charge in [-0.25, -0.2) is 0 Å². The highest BCUT2D eigenvalue weighted by atomic mass is 79.9. The van der Waals surface area contributed by atoms with E-state index in [0.717, 1.165) is 74.9 Å². The van der Waals surface area contributed by atoms with E-state index in [1.54, 1.807) is 24.3 Å². The number of nitro benzene ring substituents is 2. The number of carbonyl (C=O) groups is 4. The maximum absolute atomic E-state index is 11.8. The first-order valence-corrected chi connectivity index (χ1v) is 23.9. The van der Waals surface area contributed by atoms with Crippen LogP contribution in [0.1, 0.15) is 103 Å². The summed E-state index contributed by atoms with van der Waals surface area (Å²) in [5, 5.41) is 23.2. The van der Waals surface area contributed by atoms with Gasteiger partial charge in [-0.15, -0.1) is 0 Å². The molecular formula is C44H64Br2N2O16. The van der Waals surface area contributed by atoms with Crippen LogP contribution in [0.2, 0.25) is 0 Å². The lowest BCUT2D eigenvalue weighted by molar-refractivity contribution is -0.385. The molecule has 20 heteroatoms. The van der Waals surface area contributed by atoms with Gasteiger partial charge in [0.2, 0.25) is 0 Å². The summed E-state index contributed by atoms with van der Waals surface area (Å²) in [5.74, 6) is 0.136. The average Bonchev–Trinajstić information content (AvgIpc) is 3.28. The predicted molar refractivity (Wildman–Crippen MR) is 244 cm³/mol. The van der Waals surface area contributed by atoms with Crippen molar-refractivity contribution in [1.82, 2.24) is 0 Å². The summed E-state index contributed by atoms with van der Waals surface area (Å²) >= 11 is 6.70. The van der Waals surface area contributed by atoms with Gasteiger partial charge in [-0.1, -0.05) is 44.7 Å². The Morgan fingerprint density at radius 2 is 0.672 bits per heavy atom. The van der Waals surface area contributed by atoms with Crippen LogP contribution in [0.25, 0.3) is 0 Å². The van der Waals surface area contributed by atoms with E-state index in [-0.39, 0.29) is 87.7 Å².